The maximum atomic E-state index is 12.5. The maximum Gasteiger partial charge on any atom is 0.228 e. The predicted molar refractivity (Wildman–Crippen MR) is 92.1 cm³/mol. The van der Waals surface area contributed by atoms with Crippen LogP contribution in [0.1, 0.15) is 23.5 Å². The number of amides is 2. The van der Waals surface area contributed by atoms with Crippen LogP contribution in [0.15, 0.2) is 48.5 Å². The molecule has 0 spiro atoms. The Bertz CT molecular complexity index is 741. The zero-order valence-electron chi connectivity index (χ0n) is 13.5. The monoisotopic (exact) mass is 324 g/mol. The molecule has 1 heterocycles. The van der Waals surface area contributed by atoms with Gasteiger partial charge in [0.25, 0.3) is 0 Å². The topological polar surface area (TPSA) is 67.4 Å². The SMILES string of the molecule is COc1ccc(CCNC(=O)C2CC(=O)Nc3ccccc32)cc1. The summed E-state index contributed by atoms with van der Waals surface area (Å²) in [4.78, 5) is 24.3. The average molecular weight is 324 g/mol. The van der Waals surface area contributed by atoms with Gasteiger partial charge in [0.15, 0.2) is 0 Å². The van der Waals surface area contributed by atoms with Crippen LogP contribution in [0.4, 0.5) is 5.69 Å². The molecule has 1 atom stereocenters. The number of hydrogen-bond acceptors (Lipinski definition) is 3. The Kier molecular flexibility index (Phi) is 4.79. The standard InChI is InChI=1S/C19H20N2O3/c1-24-14-8-6-13(7-9-14)10-11-20-19(23)16-12-18(22)21-17-5-3-2-4-15(16)17/h2-9,16H,10-12H2,1H3,(H,20,23)(H,21,22). The molecule has 2 amide bonds. The molecule has 1 unspecified atom stereocenters. The molecule has 3 rings (SSSR count). The van der Waals surface area contributed by atoms with Gasteiger partial charge in [-0.05, 0) is 35.7 Å². The number of fused-ring (bicyclic) bond motifs is 1. The summed E-state index contributed by atoms with van der Waals surface area (Å²) in [7, 11) is 1.63. The lowest BCUT2D eigenvalue weighted by Gasteiger charge is -2.24. The van der Waals surface area contributed by atoms with Gasteiger partial charge in [-0.1, -0.05) is 30.3 Å². The van der Waals surface area contributed by atoms with Gasteiger partial charge in [0.1, 0.15) is 5.75 Å². The van der Waals surface area contributed by atoms with E-state index in [9.17, 15) is 9.59 Å². The summed E-state index contributed by atoms with van der Waals surface area (Å²) in [5.74, 6) is 0.160. The van der Waals surface area contributed by atoms with Gasteiger partial charge in [-0.2, -0.15) is 0 Å². The minimum atomic E-state index is -0.425. The lowest BCUT2D eigenvalue weighted by molar-refractivity contribution is -0.126. The molecular formula is C19H20N2O3. The van der Waals surface area contributed by atoms with E-state index in [-0.39, 0.29) is 18.2 Å². The Morgan fingerprint density at radius 2 is 1.96 bits per heavy atom. The molecule has 24 heavy (non-hydrogen) atoms. The van der Waals surface area contributed by atoms with Crippen molar-refractivity contribution in [3.63, 3.8) is 0 Å². The number of anilines is 1. The van der Waals surface area contributed by atoms with Crippen molar-refractivity contribution in [3.8, 4) is 5.75 Å². The molecular weight excluding hydrogens is 304 g/mol. The number of carbonyl (C=O) groups is 2. The van der Waals surface area contributed by atoms with E-state index in [1.807, 2.05) is 48.5 Å². The Balaban J connectivity index is 1.60. The van der Waals surface area contributed by atoms with Gasteiger partial charge in [-0.15, -0.1) is 0 Å². The van der Waals surface area contributed by atoms with Gasteiger partial charge >= 0.3 is 0 Å². The third-order valence-corrected chi connectivity index (χ3v) is 4.19. The lowest BCUT2D eigenvalue weighted by Crippen LogP contribution is -2.35. The molecule has 2 N–H and O–H groups in total. The molecule has 0 aliphatic carbocycles. The van der Waals surface area contributed by atoms with Crippen LogP contribution in [0.5, 0.6) is 5.75 Å². The number of para-hydroxylation sites is 1. The second kappa shape index (κ2) is 7.17. The summed E-state index contributed by atoms with van der Waals surface area (Å²) < 4.78 is 5.13. The van der Waals surface area contributed by atoms with E-state index in [4.69, 9.17) is 4.74 Å². The fraction of sp³-hybridized carbons (Fsp3) is 0.263. The van der Waals surface area contributed by atoms with Crippen LogP contribution in [0.2, 0.25) is 0 Å². The molecule has 0 saturated heterocycles. The highest BCUT2D eigenvalue weighted by molar-refractivity contribution is 6.01. The highest BCUT2D eigenvalue weighted by Crippen LogP contribution is 2.31. The number of methoxy groups -OCH3 is 1. The van der Waals surface area contributed by atoms with Crippen molar-refractivity contribution < 1.29 is 14.3 Å². The second-order valence-electron chi connectivity index (χ2n) is 5.78. The number of carbonyl (C=O) groups excluding carboxylic acids is 2. The Hall–Kier alpha value is -2.82. The number of nitrogens with one attached hydrogen (secondary N) is 2. The molecule has 2 aromatic carbocycles. The van der Waals surface area contributed by atoms with E-state index in [0.29, 0.717) is 6.54 Å². The van der Waals surface area contributed by atoms with Crippen molar-refractivity contribution in [2.45, 2.75) is 18.8 Å². The first kappa shape index (κ1) is 16.1. The zero-order valence-corrected chi connectivity index (χ0v) is 13.5. The second-order valence-corrected chi connectivity index (χ2v) is 5.78. The van der Waals surface area contributed by atoms with E-state index in [1.54, 1.807) is 7.11 Å². The van der Waals surface area contributed by atoms with Crippen molar-refractivity contribution in [2.75, 3.05) is 19.0 Å². The fourth-order valence-corrected chi connectivity index (χ4v) is 2.89. The largest absolute Gasteiger partial charge is 0.497 e. The van der Waals surface area contributed by atoms with Gasteiger partial charge in [-0.25, -0.2) is 0 Å². The molecule has 1 aliphatic heterocycles. The highest BCUT2D eigenvalue weighted by atomic mass is 16.5. The minimum absolute atomic E-state index is 0.106. The van der Waals surface area contributed by atoms with Crippen LogP contribution >= 0.6 is 0 Å². The van der Waals surface area contributed by atoms with E-state index < -0.39 is 5.92 Å². The van der Waals surface area contributed by atoms with Crippen LogP contribution < -0.4 is 15.4 Å². The van der Waals surface area contributed by atoms with Crippen molar-refractivity contribution in [2.24, 2.45) is 0 Å². The minimum Gasteiger partial charge on any atom is -0.497 e. The number of rotatable bonds is 5. The lowest BCUT2D eigenvalue weighted by atomic mass is 9.90. The Morgan fingerprint density at radius 1 is 1.21 bits per heavy atom. The molecule has 0 fully saturated rings. The number of ether oxygens (including phenoxy) is 1. The van der Waals surface area contributed by atoms with Crippen LogP contribution in [0, 0.1) is 0 Å². The van der Waals surface area contributed by atoms with E-state index in [2.05, 4.69) is 10.6 Å². The summed E-state index contributed by atoms with van der Waals surface area (Å²) in [6.07, 6.45) is 0.918. The molecule has 0 aromatic heterocycles. The van der Waals surface area contributed by atoms with Gasteiger partial charge < -0.3 is 15.4 Å². The van der Waals surface area contributed by atoms with Crippen LogP contribution in [0.25, 0.3) is 0 Å². The summed E-state index contributed by atoms with van der Waals surface area (Å²) in [6.45, 7) is 0.533. The van der Waals surface area contributed by atoms with E-state index >= 15 is 0 Å². The molecule has 0 radical (unpaired) electrons. The number of hydrogen-bond donors (Lipinski definition) is 2. The molecule has 5 nitrogen and oxygen atoms in total. The van der Waals surface area contributed by atoms with Crippen LogP contribution in [0.3, 0.4) is 0 Å². The van der Waals surface area contributed by atoms with Crippen LogP contribution in [-0.4, -0.2) is 25.5 Å². The van der Waals surface area contributed by atoms with E-state index in [1.165, 1.54) is 0 Å². The third kappa shape index (κ3) is 3.56. The fourth-order valence-electron chi connectivity index (χ4n) is 2.89. The highest BCUT2D eigenvalue weighted by Gasteiger charge is 2.29. The molecule has 0 saturated carbocycles. The van der Waals surface area contributed by atoms with Crippen LogP contribution in [-0.2, 0) is 16.0 Å². The first-order chi connectivity index (χ1) is 11.7. The van der Waals surface area contributed by atoms with Gasteiger partial charge in [0.05, 0.1) is 13.0 Å². The van der Waals surface area contributed by atoms with Crippen molar-refractivity contribution in [1.82, 2.24) is 5.32 Å². The van der Waals surface area contributed by atoms with Crippen molar-refractivity contribution in [1.29, 1.82) is 0 Å². The first-order valence-corrected chi connectivity index (χ1v) is 7.97. The molecule has 0 bridgehead atoms. The van der Waals surface area contributed by atoms with Crippen molar-refractivity contribution in [3.05, 3.63) is 59.7 Å². The average Bonchev–Trinajstić information content (AvgIpc) is 2.61. The third-order valence-electron chi connectivity index (χ3n) is 4.19. The first-order valence-electron chi connectivity index (χ1n) is 7.97. The Labute approximate surface area is 141 Å². The molecule has 5 heteroatoms. The molecule has 2 aromatic rings. The number of benzene rings is 2. The summed E-state index contributed by atoms with van der Waals surface area (Å²) in [5, 5.41) is 5.75. The van der Waals surface area contributed by atoms with Crippen molar-refractivity contribution >= 4 is 17.5 Å². The quantitative estimate of drug-likeness (QED) is 0.888. The maximum absolute atomic E-state index is 12.5. The summed E-state index contributed by atoms with van der Waals surface area (Å²) >= 11 is 0. The molecule has 1 aliphatic rings. The zero-order chi connectivity index (χ0) is 16.9. The smallest absolute Gasteiger partial charge is 0.228 e. The Morgan fingerprint density at radius 3 is 2.71 bits per heavy atom. The summed E-state index contributed by atoms with van der Waals surface area (Å²) in [6, 6.07) is 15.2. The van der Waals surface area contributed by atoms with Gasteiger partial charge in [0, 0.05) is 18.7 Å². The molecule has 124 valence electrons. The normalized spacial score (nSPS) is 16.0. The predicted octanol–water partition coefficient (Wildman–Crippen LogP) is 2.48. The van der Waals surface area contributed by atoms with Gasteiger partial charge in [0.2, 0.25) is 11.8 Å². The van der Waals surface area contributed by atoms with Gasteiger partial charge in [-0.3, -0.25) is 9.59 Å². The van der Waals surface area contributed by atoms with E-state index in [0.717, 1.165) is 29.0 Å². The summed E-state index contributed by atoms with van der Waals surface area (Å²) in [5.41, 5.74) is 2.72.